The van der Waals surface area contributed by atoms with Crippen molar-refractivity contribution in [3.63, 3.8) is 0 Å². The van der Waals surface area contributed by atoms with Crippen molar-refractivity contribution in [3.8, 4) is 0 Å². The second-order valence-corrected chi connectivity index (χ2v) is 8.51. The van der Waals surface area contributed by atoms with Gasteiger partial charge in [-0.3, -0.25) is 14.6 Å². The molecule has 1 saturated heterocycles. The Morgan fingerprint density at radius 1 is 1.10 bits per heavy atom. The molecule has 5 nitrogen and oxygen atoms in total. The monoisotopic (exact) mass is 405 g/mol. The Bertz CT molecular complexity index is 932. The first-order valence-corrected chi connectivity index (χ1v) is 11.2. The number of hydrogen-bond acceptors (Lipinski definition) is 3. The average Bonchev–Trinajstić information content (AvgIpc) is 2.78. The van der Waals surface area contributed by atoms with Crippen LogP contribution in [0.15, 0.2) is 36.4 Å². The van der Waals surface area contributed by atoms with Crippen molar-refractivity contribution in [3.05, 3.63) is 64.5 Å². The smallest absolute Gasteiger partial charge is 0.253 e. The molecule has 4 rings (SSSR count). The number of aromatic nitrogens is 1. The van der Waals surface area contributed by atoms with Gasteiger partial charge in [0.25, 0.3) is 5.91 Å². The number of rotatable bonds is 4. The Balaban J connectivity index is 1.53. The predicted octanol–water partition coefficient (Wildman–Crippen LogP) is 4.31. The Morgan fingerprint density at radius 2 is 1.87 bits per heavy atom. The molecule has 1 aliphatic heterocycles. The van der Waals surface area contributed by atoms with Gasteiger partial charge in [-0.1, -0.05) is 31.2 Å². The molecule has 5 heteroatoms. The van der Waals surface area contributed by atoms with E-state index in [9.17, 15) is 9.59 Å². The van der Waals surface area contributed by atoms with E-state index in [1.54, 1.807) is 0 Å². The van der Waals surface area contributed by atoms with Gasteiger partial charge < -0.3 is 10.2 Å². The highest BCUT2D eigenvalue weighted by Gasteiger charge is 2.29. The molecule has 0 saturated carbocycles. The lowest BCUT2D eigenvalue weighted by Crippen LogP contribution is -2.38. The highest BCUT2D eigenvalue weighted by atomic mass is 16.2. The lowest BCUT2D eigenvalue weighted by molar-refractivity contribution is -0.131. The van der Waals surface area contributed by atoms with Crippen molar-refractivity contribution >= 4 is 11.8 Å². The highest BCUT2D eigenvalue weighted by Crippen LogP contribution is 2.32. The third kappa shape index (κ3) is 4.25. The van der Waals surface area contributed by atoms with E-state index in [2.05, 4.69) is 23.5 Å². The van der Waals surface area contributed by atoms with Crippen LogP contribution in [0.1, 0.15) is 83.9 Å². The van der Waals surface area contributed by atoms with Gasteiger partial charge in [0.05, 0.1) is 17.3 Å². The molecule has 2 aliphatic rings. The Labute approximate surface area is 178 Å². The summed E-state index contributed by atoms with van der Waals surface area (Å²) in [4.78, 5) is 32.0. The van der Waals surface area contributed by atoms with Crippen LogP contribution in [0.3, 0.4) is 0 Å². The number of nitrogens with one attached hydrogen (secondary N) is 1. The predicted molar refractivity (Wildman–Crippen MR) is 117 cm³/mol. The summed E-state index contributed by atoms with van der Waals surface area (Å²) in [6.45, 7) is 5.36. The molecular weight excluding hydrogens is 374 g/mol. The van der Waals surface area contributed by atoms with Gasteiger partial charge >= 0.3 is 0 Å². The molecule has 1 aliphatic carbocycles. The van der Waals surface area contributed by atoms with Gasteiger partial charge in [-0.2, -0.15) is 0 Å². The number of benzene rings is 1. The molecule has 1 unspecified atom stereocenters. The summed E-state index contributed by atoms with van der Waals surface area (Å²) in [5.41, 5.74) is 5.08. The number of fused-ring (bicyclic) bond motifs is 1. The second kappa shape index (κ2) is 8.99. The topological polar surface area (TPSA) is 62.3 Å². The fourth-order valence-electron chi connectivity index (χ4n) is 4.85. The molecule has 30 heavy (non-hydrogen) atoms. The minimum Gasteiger partial charge on any atom is -0.345 e. The Kier molecular flexibility index (Phi) is 6.16. The molecule has 1 N–H and O–H groups in total. The number of aryl methyl sites for hydroxylation is 2. The zero-order valence-electron chi connectivity index (χ0n) is 18.0. The van der Waals surface area contributed by atoms with Crippen LogP contribution in [-0.2, 0) is 11.2 Å². The third-order valence-corrected chi connectivity index (χ3v) is 6.52. The summed E-state index contributed by atoms with van der Waals surface area (Å²) in [7, 11) is 0. The third-order valence-electron chi connectivity index (χ3n) is 6.52. The van der Waals surface area contributed by atoms with Crippen molar-refractivity contribution in [2.24, 2.45) is 0 Å². The number of piperidine rings is 1. The molecule has 1 aromatic carbocycles. The van der Waals surface area contributed by atoms with E-state index in [1.165, 1.54) is 11.1 Å². The van der Waals surface area contributed by atoms with Crippen LogP contribution in [0.5, 0.6) is 0 Å². The number of likely N-dealkylation sites (tertiary alicyclic amines) is 1. The number of hydrogen-bond donors (Lipinski definition) is 1. The summed E-state index contributed by atoms with van der Waals surface area (Å²) in [6, 6.07) is 12.3. The van der Waals surface area contributed by atoms with Crippen LogP contribution in [0.25, 0.3) is 0 Å². The number of carbonyl (C=O) groups excluding carboxylic acids is 2. The first-order valence-electron chi connectivity index (χ1n) is 11.2. The van der Waals surface area contributed by atoms with Crippen LogP contribution >= 0.6 is 0 Å². The van der Waals surface area contributed by atoms with Crippen molar-refractivity contribution < 1.29 is 9.59 Å². The lowest BCUT2D eigenvalue weighted by atomic mass is 9.87. The zero-order valence-corrected chi connectivity index (χ0v) is 18.0. The van der Waals surface area contributed by atoms with Crippen molar-refractivity contribution in [2.75, 3.05) is 13.1 Å². The van der Waals surface area contributed by atoms with Crippen molar-refractivity contribution in [1.29, 1.82) is 0 Å². The number of carbonyl (C=O) groups is 2. The fourth-order valence-corrected chi connectivity index (χ4v) is 4.85. The molecule has 0 radical (unpaired) electrons. The first kappa shape index (κ1) is 20.6. The molecule has 0 spiro atoms. The summed E-state index contributed by atoms with van der Waals surface area (Å²) in [5.74, 6) is 0.385. The van der Waals surface area contributed by atoms with E-state index in [0.717, 1.165) is 56.6 Å². The van der Waals surface area contributed by atoms with Crippen LogP contribution in [-0.4, -0.2) is 34.8 Å². The lowest BCUT2D eigenvalue weighted by Gasteiger charge is -2.32. The van der Waals surface area contributed by atoms with Crippen molar-refractivity contribution in [1.82, 2.24) is 15.2 Å². The number of pyridine rings is 1. The van der Waals surface area contributed by atoms with E-state index in [0.29, 0.717) is 12.0 Å². The Morgan fingerprint density at radius 3 is 2.63 bits per heavy atom. The largest absolute Gasteiger partial charge is 0.345 e. The van der Waals surface area contributed by atoms with Gasteiger partial charge in [-0.05, 0) is 62.3 Å². The summed E-state index contributed by atoms with van der Waals surface area (Å²) >= 11 is 0. The maximum absolute atomic E-state index is 13.3. The van der Waals surface area contributed by atoms with Crippen LogP contribution in [0, 0.1) is 6.92 Å². The summed E-state index contributed by atoms with van der Waals surface area (Å²) in [5, 5.41) is 3.28. The highest BCUT2D eigenvalue weighted by molar-refractivity contribution is 5.95. The van der Waals surface area contributed by atoms with Gasteiger partial charge in [0.2, 0.25) is 5.91 Å². The molecule has 2 aromatic rings. The SMILES string of the molecule is CCC(=O)N1CCC(c2nc(C)ccc2C(=O)NC2CCCc3ccccc32)CC1. The minimum atomic E-state index is -0.0359. The van der Waals surface area contributed by atoms with Crippen LogP contribution < -0.4 is 5.32 Å². The Hall–Kier alpha value is -2.69. The zero-order chi connectivity index (χ0) is 21.1. The van der Waals surface area contributed by atoms with E-state index < -0.39 is 0 Å². The van der Waals surface area contributed by atoms with E-state index in [1.807, 2.05) is 36.9 Å². The maximum atomic E-state index is 13.3. The van der Waals surface area contributed by atoms with Crippen LogP contribution in [0.4, 0.5) is 0 Å². The molecule has 1 atom stereocenters. The van der Waals surface area contributed by atoms with Gasteiger partial charge in [0.1, 0.15) is 0 Å². The maximum Gasteiger partial charge on any atom is 0.253 e. The summed E-state index contributed by atoms with van der Waals surface area (Å²) < 4.78 is 0. The second-order valence-electron chi connectivity index (χ2n) is 8.51. The number of nitrogens with zero attached hydrogens (tertiary/aromatic N) is 2. The van der Waals surface area contributed by atoms with Crippen molar-refractivity contribution in [2.45, 2.75) is 64.3 Å². The average molecular weight is 406 g/mol. The standard InChI is InChI=1S/C25H31N3O2/c1-3-23(29)28-15-13-19(14-16-28)24-21(12-11-17(2)26-24)25(30)27-22-10-6-8-18-7-4-5-9-20(18)22/h4-5,7,9,11-12,19,22H,3,6,8,10,13-16H2,1-2H3,(H,27,30). The fraction of sp³-hybridized carbons (Fsp3) is 0.480. The van der Waals surface area contributed by atoms with E-state index in [-0.39, 0.29) is 23.8 Å². The van der Waals surface area contributed by atoms with Gasteiger partial charge in [-0.15, -0.1) is 0 Å². The molecule has 1 fully saturated rings. The molecule has 2 amide bonds. The van der Waals surface area contributed by atoms with Gasteiger partial charge in [0.15, 0.2) is 0 Å². The minimum absolute atomic E-state index is 0.0359. The molecule has 1 aromatic heterocycles. The van der Waals surface area contributed by atoms with Crippen LogP contribution in [0.2, 0.25) is 0 Å². The molecule has 0 bridgehead atoms. The van der Waals surface area contributed by atoms with Gasteiger partial charge in [-0.25, -0.2) is 0 Å². The van der Waals surface area contributed by atoms with Gasteiger partial charge in [0, 0.05) is 31.1 Å². The molecular formula is C25H31N3O2. The molecule has 158 valence electrons. The first-order chi connectivity index (χ1) is 14.6. The quantitative estimate of drug-likeness (QED) is 0.824. The summed E-state index contributed by atoms with van der Waals surface area (Å²) in [6.07, 6.45) is 5.39. The normalized spacial score (nSPS) is 19.3. The number of amides is 2. The van der Waals surface area contributed by atoms with E-state index in [4.69, 9.17) is 4.98 Å². The molecule has 2 heterocycles. The van der Waals surface area contributed by atoms with E-state index >= 15 is 0 Å².